The highest BCUT2D eigenvalue weighted by molar-refractivity contribution is 7.18. The number of methoxy groups -OCH3 is 1. The zero-order valence-corrected chi connectivity index (χ0v) is 20.0. The van der Waals surface area contributed by atoms with Gasteiger partial charge >= 0.3 is 0 Å². The normalized spacial score (nSPS) is 15.5. The summed E-state index contributed by atoms with van der Waals surface area (Å²) in [6.07, 6.45) is 5.41. The van der Waals surface area contributed by atoms with Gasteiger partial charge in [-0.05, 0) is 61.4 Å². The molecule has 33 heavy (non-hydrogen) atoms. The van der Waals surface area contributed by atoms with Gasteiger partial charge in [0.25, 0.3) is 5.56 Å². The van der Waals surface area contributed by atoms with Crippen molar-refractivity contribution >= 4 is 21.6 Å². The molecule has 0 unspecified atom stereocenters. The van der Waals surface area contributed by atoms with Gasteiger partial charge in [0.05, 0.1) is 18.8 Å². The topological polar surface area (TPSA) is 56.2 Å². The number of hydrogen-bond donors (Lipinski definition) is 1. The number of fused-ring (bicyclic) bond motifs is 3. The predicted molar refractivity (Wildman–Crippen MR) is 134 cm³/mol. The van der Waals surface area contributed by atoms with E-state index in [-0.39, 0.29) is 5.56 Å². The predicted octanol–water partition coefficient (Wildman–Crippen LogP) is 4.66. The zero-order chi connectivity index (χ0) is 22.8. The second kappa shape index (κ2) is 9.49. The van der Waals surface area contributed by atoms with Gasteiger partial charge in [0, 0.05) is 24.0 Å². The molecule has 2 aromatic heterocycles. The van der Waals surface area contributed by atoms with E-state index in [4.69, 9.17) is 4.74 Å². The van der Waals surface area contributed by atoms with Gasteiger partial charge in [-0.2, -0.15) is 0 Å². The van der Waals surface area contributed by atoms with Crippen LogP contribution in [0.1, 0.15) is 33.6 Å². The van der Waals surface area contributed by atoms with Crippen molar-refractivity contribution in [2.24, 2.45) is 0 Å². The first kappa shape index (κ1) is 21.9. The molecule has 6 heteroatoms. The van der Waals surface area contributed by atoms with E-state index < -0.39 is 0 Å². The highest BCUT2D eigenvalue weighted by Gasteiger charge is 2.25. The lowest BCUT2D eigenvalue weighted by atomic mass is 9.93. The van der Waals surface area contributed by atoms with Crippen molar-refractivity contribution in [3.8, 4) is 5.75 Å². The summed E-state index contributed by atoms with van der Waals surface area (Å²) >= 11 is 1.69. The molecule has 5 rings (SSSR count). The Bertz CT molecular complexity index is 1320. The smallest absolute Gasteiger partial charge is 0.262 e. The molecular weight excluding hydrogens is 430 g/mol. The lowest BCUT2D eigenvalue weighted by Gasteiger charge is -2.23. The Labute approximate surface area is 198 Å². The van der Waals surface area contributed by atoms with Gasteiger partial charge in [-0.3, -0.25) is 9.36 Å². The third-order valence-electron chi connectivity index (χ3n) is 6.53. The summed E-state index contributed by atoms with van der Waals surface area (Å²) in [7, 11) is 1.67. The van der Waals surface area contributed by atoms with E-state index in [9.17, 15) is 4.79 Å². The van der Waals surface area contributed by atoms with Gasteiger partial charge in [0.1, 0.15) is 10.6 Å². The second-order valence-electron chi connectivity index (χ2n) is 8.83. The fourth-order valence-electron chi connectivity index (χ4n) is 4.58. The molecule has 1 atom stereocenters. The molecule has 0 aliphatic heterocycles. The van der Waals surface area contributed by atoms with Crippen LogP contribution in [0.3, 0.4) is 0 Å². The van der Waals surface area contributed by atoms with Crippen LogP contribution in [0.25, 0.3) is 10.2 Å². The molecule has 0 amide bonds. The molecular formula is C27H29N3O2S. The Morgan fingerprint density at radius 2 is 2.03 bits per heavy atom. The quantitative estimate of drug-likeness (QED) is 0.437. The third kappa shape index (κ3) is 4.72. The molecule has 4 aromatic rings. The maximum atomic E-state index is 13.3. The summed E-state index contributed by atoms with van der Waals surface area (Å²) in [5.41, 5.74) is 5.05. The van der Waals surface area contributed by atoms with E-state index in [2.05, 4.69) is 47.6 Å². The summed E-state index contributed by atoms with van der Waals surface area (Å²) in [5, 5.41) is 4.54. The van der Waals surface area contributed by atoms with Crippen molar-refractivity contribution in [2.75, 3.05) is 7.11 Å². The molecule has 1 aliphatic rings. The molecule has 1 aliphatic carbocycles. The van der Waals surface area contributed by atoms with E-state index in [1.165, 1.54) is 21.6 Å². The van der Waals surface area contributed by atoms with Crippen molar-refractivity contribution < 1.29 is 4.74 Å². The van der Waals surface area contributed by atoms with Gasteiger partial charge in [0.2, 0.25) is 0 Å². The highest BCUT2D eigenvalue weighted by Crippen LogP contribution is 2.33. The Kier molecular flexibility index (Phi) is 6.29. The minimum Gasteiger partial charge on any atom is -0.497 e. The summed E-state index contributed by atoms with van der Waals surface area (Å²) in [5.74, 6) is 0.839. The number of benzene rings is 2. The SMILES string of the molecule is COc1cccc(CCn2cnc3sc4c(c3c2=O)CC[C@@H](NCc2ccc(C)cc2)C4)c1. The molecule has 0 saturated heterocycles. The molecule has 170 valence electrons. The van der Waals surface area contributed by atoms with Crippen molar-refractivity contribution in [3.63, 3.8) is 0 Å². The summed E-state index contributed by atoms with van der Waals surface area (Å²) < 4.78 is 7.07. The number of aromatic nitrogens is 2. The van der Waals surface area contributed by atoms with E-state index in [1.54, 1.807) is 29.3 Å². The fourth-order valence-corrected chi connectivity index (χ4v) is 5.84. The first-order valence-corrected chi connectivity index (χ1v) is 12.3. The third-order valence-corrected chi connectivity index (χ3v) is 7.69. The number of hydrogen-bond acceptors (Lipinski definition) is 5. The average molecular weight is 460 g/mol. The van der Waals surface area contributed by atoms with Crippen LogP contribution in [-0.4, -0.2) is 22.7 Å². The van der Waals surface area contributed by atoms with Crippen LogP contribution >= 0.6 is 11.3 Å². The molecule has 1 N–H and O–H groups in total. The zero-order valence-electron chi connectivity index (χ0n) is 19.1. The van der Waals surface area contributed by atoms with Crippen molar-refractivity contribution in [2.45, 2.75) is 51.7 Å². The Balaban J connectivity index is 1.30. The van der Waals surface area contributed by atoms with Crippen LogP contribution in [0.5, 0.6) is 5.75 Å². The molecule has 0 spiro atoms. The Morgan fingerprint density at radius 1 is 1.18 bits per heavy atom. The average Bonchev–Trinajstić information content (AvgIpc) is 3.22. The highest BCUT2D eigenvalue weighted by atomic mass is 32.1. The maximum absolute atomic E-state index is 13.3. The van der Waals surface area contributed by atoms with Crippen LogP contribution in [0, 0.1) is 6.92 Å². The monoisotopic (exact) mass is 459 g/mol. The molecule has 0 bridgehead atoms. The van der Waals surface area contributed by atoms with E-state index in [0.717, 1.165) is 53.8 Å². The van der Waals surface area contributed by atoms with Crippen LogP contribution in [0.4, 0.5) is 0 Å². The maximum Gasteiger partial charge on any atom is 0.262 e. The molecule has 0 saturated carbocycles. The number of aryl methyl sites for hydroxylation is 4. The Hall–Kier alpha value is -2.96. The number of rotatable bonds is 7. The lowest BCUT2D eigenvalue weighted by molar-refractivity contribution is 0.414. The number of nitrogens with one attached hydrogen (secondary N) is 1. The summed E-state index contributed by atoms with van der Waals surface area (Å²) in [4.78, 5) is 20.2. The second-order valence-corrected chi connectivity index (χ2v) is 9.92. The largest absolute Gasteiger partial charge is 0.497 e. The summed E-state index contributed by atoms with van der Waals surface area (Å²) in [6, 6.07) is 17.1. The minimum absolute atomic E-state index is 0.0893. The van der Waals surface area contributed by atoms with Crippen LogP contribution in [0.15, 0.2) is 59.7 Å². The van der Waals surface area contributed by atoms with Crippen LogP contribution in [-0.2, 0) is 32.4 Å². The van der Waals surface area contributed by atoms with E-state index >= 15 is 0 Å². The minimum atomic E-state index is 0.0893. The van der Waals surface area contributed by atoms with E-state index in [0.29, 0.717) is 12.6 Å². The van der Waals surface area contributed by atoms with Crippen molar-refractivity contribution in [1.29, 1.82) is 0 Å². The number of nitrogens with zero attached hydrogens (tertiary/aromatic N) is 2. The van der Waals surface area contributed by atoms with E-state index in [1.807, 2.05) is 18.2 Å². The van der Waals surface area contributed by atoms with Gasteiger partial charge in [-0.25, -0.2) is 4.98 Å². The van der Waals surface area contributed by atoms with Crippen molar-refractivity contribution in [3.05, 3.63) is 92.3 Å². The lowest BCUT2D eigenvalue weighted by Crippen LogP contribution is -2.33. The standard InChI is InChI=1S/C27H29N3O2S/c1-18-6-8-20(9-7-18)16-28-21-10-11-23-24(15-21)33-26-25(23)27(31)30(17-29-26)13-12-19-4-3-5-22(14-19)32-2/h3-9,14,17,21,28H,10-13,15-16H2,1-2H3/t21-/m1/s1. The van der Waals surface area contributed by atoms with Crippen LogP contribution in [0.2, 0.25) is 0 Å². The van der Waals surface area contributed by atoms with Crippen LogP contribution < -0.4 is 15.6 Å². The first-order chi connectivity index (χ1) is 16.1. The molecule has 0 radical (unpaired) electrons. The summed E-state index contributed by atoms with van der Waals surface area (Å²) in [6.45, 7) is 3.60. The van der Waals surface area contributed by atoms with Gasteiger partial charge in [-0.15, -0.1) is 11.3 Å². The van der Waals surface area contributed by atoms with Gasteiger partial charge in [0.15, 0.2) is 0 Å². The molecule has 5 nitrogen and oxygen atoms in total. The number of ether oxygens (including phenoxy) is 1. The fraction of sp³-hybridized carbons (Fsp3) is 0.333. The van der Waals surface area contributed by atoms with Crippen molar-refractivity contribution in [1.82, 2.24) is 14.9 Å². The number of thiophene rings is 1. The van der Waals surface area contributed by atoms with Gasteiger partial charge < -0.3 is 10.1 Å². The molecule has 0 fully saturated rings. The Morgan fingerprint density at radius 3 is 2.85 bits per heavy atom. The molecule has 2 heterocycles. The molecule has 2 aromatic carbocycles. The first-order valence-electron chi connectivity index (χ1n) is 11.5. The van der Waals surface area contributed by atoms with Gasteiger partial charge in [-0.1, -0.05) is 42.0 Å².